The summed E-state index contributed by atoms with van der Waals surface area (Å²) in [4.78, 5) is 30.5. The molecule has 11 heteroatoms. The number of hydrogen-bond donors (Lipinski definition) is 3. The van der Waals surface area contributed by atoms with E-state index in [4.69, 9.17) is 4.74 Å². The number of hydrogen-bond acceptors (Lipinski definition) is 7. The van der Waals surface area contributed by atoms with Crippen molar-refractivity contribution in [2.24, 2.45) is 0 Å². The number of aromatic nitrogens is 4. The minimum absolute atomic E-state index is 0.0377. The van der Waals surface area contributed by atoms with Gasteiger partial charge in [0.2, 0.25) is 0 Å². The zero-order valence-electron chi connectivity index (χ0n) is 19.1. The van der Waals surface area contributed by atoms with Gasteiger partial charge in [0.25, 0.3) is 11.5 Å². The van der Waals surface area contributed by atoms with Crippen molar-refractivity contribution < 1.29 is 13.9 Å². The highest BCUT2D eigenvalue weighted by atomic mass is 19.1. The number of rotatable bonds is 7. The molecule has 3 aromatic rings. The molecule has 0 aromatic carbocycles. The van der Waals surface area contributed by atoms with Gasteiger partial charge in [-0.1, -0.05) is 0 Å². The van der Waals surface area contributed by atoms with Crippen molar-refractivity contribution in [2.45, 2.75) is 56.5 Å². The summed E-state index contributed by atoms with van der Waals surface area (Å²) < 4.78 is 21.8. The van der Waals surface area contributed by atoms with Crippen molar-refractivity contribution in [1.82, 2.24) is 24.5 Å². The van der Waals surface area contributed by atoms with Gasteiger partial charge in [-0.2, -0.15) is 9.61 Å². The molecule has 1 amide bonds. The van der Waals surface area contributed by atoms with Crippen molar-refractivity contribution >= 4 is 28.9 Å². The van der Waals surface area contributed by atoms with E-state index in [9.17, 15) is 14.0 Å². The largest absolute Gasteiger partial charge is 0.381 e. The molecule has 2 atom stereocenters. The monoisotopic (exact) mass is 469 g/mol. The normalized spacial score (nSPS) is 24.1. The zero-order chi connectivity index (χ0) is 23.8. The van der Waals surface area contributed by atoms with Crippen LogP contribution in [0.4, 0.5) is 21.7 Å². The van der Waals surface area contributed by atoms with Crippen molar-refractivity contribution in [3.8, 4) is 0 Å². The highest BCUT2D eigenvalue weighted by Crippen LogP contribution is 2.33. The van der Waals surface area contributed by atoms with Crippen LogP contribution in [0, 0.1) is 0 Å². The lowest BCUT2D eigenvalue weighted by Crippen LogP contribution is -2.35. The van der Waals surface area contributed by atoms with Gasteiger partial charge in [0.15, 0.2) is 5.65 Å². The Labute approximate surface area is 195 Å². The van der Waals surface area contributed by atoms with E-state index in [2.05, 4.69) is 26.0 Å². The van der Waals surface area contributed by atoms with Crippen LogP contribution in [-0.2, 0) is 4.74 Å². The van der Waals surface area contributed by atoms with E-state index in [1.165, 1.54) is 6.20 Å². The fourth-order valence-electron chi connectivity index (χ4n) is 4.69. The zero-order valence-corrected chi connectivity index (χ0v) is 19.1. The second-order valence-corrected chi connectivity index (χ2v) is 8.89. The topological polar surface area (TPSA) is 115 Å². The van der Waals surface area contributed by atoms with Crippen LogP contribution in [0.5, 0.6) is 0 Å². The summed E-state index contributed by atoms with van der Waals surface area (Å²) in [7, 11) is 3.42. The lowest BCUT2D eigenvalue weighted by Gasteiger charge is -2.31. The van der Waals surface area contributed by atoms with Crippen LogP contribution in [0.3, 0.4) is 0 Å². The Morgan fingerprint density at radius 2 is 2.09 bits per heavy atom. The van der Waals surface area contributed by atoms with Gasteiger partial charge in [0.1, 0.15) is 29.1 Å². The molecular formula is C23H28FN7O3. The van der Waals surface area contributed by atoms with Crippen molar-refractivity contribution in [3.05, 3.63) is 46.5 Å². The average Bonchev–Trinajstić information content (AvgIpc) is 3.45. The predicted octanol–water partition coefficient (Wildman–Crippen LogP) is 2.65. The van der Waals surface area contributed by atoms with E-state index >= 15 is 0 Å². The van der Waals surface area contributed by atoms with E-state index < -0.39 is 6.17 Å². The Morgan fingerprint density at radius 1 is 1.26 bits per heavy atom. The number of alkyl halides is 1. The molecule has 180 valence electrons. The predicted molar refractivity (Wildman–Crippen MR) is 126 cm³/mol. The first kappa shape index (κ1) is 22.3. The lowest BCUT2D eigenvalue weighted by molar-refractivity contribution is 0.0916. The van der Waals surface area contributed by atoms with Gasteiger partial charge in [-0.15, -0.1) is 0 Å². The van der Waals surface area contributed by atoms with Crippen LogP contribution in [-0.4, -0.2) is 57.5 Å². The molecule has 2 fully saturated rings. The van der Waals surface area contributed by atoms with Crippen LogP contribution < -0.4 is 21.5 Å². The third-order valence-electron chi connectivity index (χ3n) is 6.71. The van der Waals surface area contributed by atoms with E-state index in [1.54, 1.807) is 47.6 Å². The number of methoxy groups -OCH3 is 1. The Hall–Kier alpha value is -3.47. The summed E-state index contributed by atoms with van der Waals surface area (Å²) in [6.45, 7) is 0. The van der Waals surface area contributed by atoms with E-state index in [-0.39, 0.29) is 29.7 Å². The fraction of sp³-hybridized carbons (Fsp3) is 0.478. The maximum absolute atomic E-state index is 13.3. The third kappa shape index (κ3) is 4.11. The summed E-state index contributed by atoms with van der Waals surface area (Å²) >= 11 is 0. The molecule has 2 aliphatic carbocycles. The Morgan fingerprint density at radius 3 is 2.79 bits per heavy atom. The highest BCUT2D eigenvalue weighted by molar-refractivity contribution is 6.00. The van der Waals surface area contributed by atoms with Crippen molar-refractivity contribution in [1.29, 1.82) is 0 Å². The molecule has 0 radical (unpaired) electrons. The number of fused-ring (bicyclic) bond motifs is 1. The van der Waals surface area contributed by atoms with Crippen LogP contribution in [0.1, 0.15) is 48.5 Å². The number of anilines is 3. The molecule has 2 saturated carbocycles. The average molecular weight is 470 g/mol. The van der Waals surface area contributed by atoms with Gasteiger partial charge >= 0.3 is 0 Å². The van der Waals surface area contributed by atoms with Crippen molar-refractivity contribution in [2.75, 3.05) is 24.8 Å². The van der Waals surface area contributed by atoms with Crippen LogP contribution in [0.15, 0.2) is 35.4 Å². The third-order valence-corrected chi connectivity index (χ3v) is 6.71. The van der Waals surface area contributed by atoms with E-state index in [1.807, 2.05) is 0 Å². The first-order valence-corrected chi connectivity index (χ1v) is 11.5. The van der Waals surface area contributed by atoms with Crippen LogP contribution in [0.2, 0.25) is 0 Å². The Kier molecular flexibility index (Phi) is 5.94. The minimum Gasteiger partial charge on any atom is -0.381 e. The molecule has 5 rings (SSSR count). The molecule has 3 aromatic heterocycles. The molecule has 3 N–H and O–H groups in total. The Balaban J connectivity index is 1.42. The van der Waals surface area contributed by atoms with Gasteiger partial charge in [-0.3, -0.25) is 9.59 Å². The first-order valence-electron chi connectivity index (χ1n) is 11.5. The second kappa shape index (κ2) is 9.05. The van der Waals surface area contributed by atoms with Crippen LogP contribution >= 0.6 is 0 Å². The van der Waals surface area contributed by atoms with Crippen LogP contribution in [0.25, 0.3) is 5.65 Å². The standard InChI is InChI=1S/C23H28FN7O3/c1-25-20-11-19(28-18-4-3-7-30(23(18)33)15-8-13(24)9-15)29-21-17(12-26-31(20)21)22(32)27-14-5-6-16(10-14)34-2/h3-4,7,11-16,25H,5-6,8-10H2,1-2H3,(H,27,32)(H,28,29)/t13-,14-,15-,16-/m0/s1. The lowest BCUT2D eigenvalue weighted by atomic mass is 9.90. The second-order valence-electron chi connectivity index (χ2n) is 8.89. The molecule has 0 spiro atoms. The molecule has 0 saturated heterocycles. The van der Waals surface area contributed by atoms with E-state index in [0.29, 0.717) is 41.4 Å². The van der Waals surface area contributed by atoms with E-state index in [0.717, 1.165) is 19.3 Å². The number of pyridine rings is 1. The maximum Gasteiger partial charge on any atom is 0.274 e. The quantitative estimate of drug-likeness (QED) is 0.487. The molecular weight excluding hydrogens is 441 g/mol. The number of nitrogens with zero attached hydrogens (tertiary/aromatic N) is 4. The number of carbonyl (C=O) groups is 1. The van der Waals surface area contributed by atoms with Gasteiger partial charge < -0.3 is 25.3 Å². The highest BCUT2D eigenvalue weighted by Gasteiger charge is 2.31. The molecule has 0 bridgehead atoms. The number of nitrogens with one attached hydrogen (secondary N) is 3. The minimum atomic E-state index is -0.855. The van der Waals surface area contributed by atoms with Gasteiger partial charge in [0, 0.05) is 38.5 Å². The molecule has 0 unspecified atom stereocenters. The molecule has 34 heavy (non-hydrogen) atoms. The first-order chi connectivity index (χ1) is 16.5. The fourth-order valence-corrected chi connectivity index (χ4v) is 4.69. The summed E-state index contributed by atoms with van der Waals surface area (Å²) in [6, 6.07) is 5.02. The van der Waals surface area contributed by atoms with Gasteiger partial charge in [0.05, 0.1) is 12.3 Å². The van der Waals surface area contributed by atoms with Crippen molar-refractivity contribution in [3.63, 3.8) is 0 Å². The molecule has 10 nitrogen and oxygen atoms in total. The van der Waals surface area contributed by atoms with Gasteiger partial charge in [-0.25, -0.2) is 9.37 Å². The number of amides is 1. The summed E-state index contributed by atoms with van der Waals surface area (Å²) in [5.41, 5.74) is 0.789. The molecule has 3 heterocycles. The smallest absolute Gasteiger partial charge is 0.274 e. The molecule has 2 aliphatic rings. The molecule has 0 aliphatic heterocycles. The summed E-state index contributed by atoms with van der Waals surface area (Å²) in [5, 5.41) is 13.5. The SMILES string of the molecule is CNc1cc(Nc2cccn([C@H]3C[C@H](F)C3)c2=O)nc2c(C(=O)N[C@H]3CC[C@H](OC)C3)cnn12. The van der Waals surface area contributed by atoms with Gasteiger partial charge in [-0.05, 0) is 44.2 Å². The number of ether oxygens (including phenoxy) is 1. The maximum atomic E-state index is 13.3. The summed E-state index contributed by atoms with van der Waals surface area (Å²) in [6.07, 6.45) is 5.70. The number of halogens is 1. The number of carbonyl (C=O) groups excluding carboxylic acids is 1. The Bertz CT molecular complexity index is 1270. The summed E-state index contributed by atoms with van der Waals surface area (Å²) in [5.74, 6) is 0.734.